The van der Waals surface area contributed by atoms with Gasteiger partial charge >= 0.3 is 12.1 Å². The van der Waals surface area contributed by atoms with Gasteiger partial charge in [-0.2, -0.15) is 0 Å². The Balaban J connectivity index is 2.09. The van der Waals surface area contributed by atoms with Crippen LogP contribution in [0.3, 0.4) is 0 Å². The van der Waals surface area contributed by atoms with Gasteiger partial charge in [-0.1, -0.05) is 57.0 Å². The Morgan fingerprint density at radius 3 is 2.88 bits per heavy atom. The third kappa shape index (κ3) is 8.92. The SMILES string of the molecule is CCCCCOC(=O)N/C=C/CC1CC(O)C(C)C/C=C/Cc2cccc(OC)c2C(=O)O1. The predicted octanol–water partition coefficient (Wildman–Crippen LogP) is 4.93. The minimum Gasteiger partial charge on any atom is -0.496 e. The number of hydrogen-bond donors (Lipinski definition) is 2. The van der Waals surface area contributed by atoms with E-state index in [9.17, 15) is 14.7 Å². The molecule has 2 N–H and O–H groups in total. The lowest BCUT2D eigenvalue weighted by atomic mass is 9.93. The molecule has 7 nitrogen and oxygen atoms in total. The van der Waals surface area contributed by atoms with Gasteiger partial charge in [-0.05, 0) is 36.8 Å². The smallest absolute Gasteiger partial charge is 0.411 e. The number of esters is 1. The molecule has 0 saturated carbocycles. The normalized spacial score (nSPS) is 22.4. The summed E-state index contributed by atoms with van der Waals surface area (Å²) in [6.45, 7) is 4.44. The zero-order valence-corrected chi connectivity index (χ0v) is 19.9. The van der Waals surface area contributed by atoms with E-state index in [1.165, 1.54) is 13.3 Å². The van der Waals surface area contributed by atoms with Gasteiger partial charge in [-0.15, -0.1) is 0 Å². The summed E-state index contributed by atoms with van der Waals surface area (Å²) in [5, 5.41) is 13.2. The summed E-state index contributed by atoms with van der Waals surface area (Å²) < 4.78 is 16.3. The molecule has 3 atom stereocenters. The number of benzene rings is 1. The fraction of sp³-hybridized carbons (Fsp3) is 0.538. The molecule has 182 valence electrons. The van der Waals surface area contributed by atoms with Crippen molar-refractivity contribution in [3.63, 3.8) is 0 Å². The standard InChI is InChI=1S/C26H37NO6/c1-4-5-8-17-32-26(30)27-16-10-14-21-18-22(28)19(2)11-6-7-12-20-13-9-15-23(31-3)24(20)25(29)33-21/h6-7,9-10,13,15-16,19,21-22,28H,4-5,8,11-12,14,17-18H2,1-3H3,(H,27,30)/b7-6+,16-10+. The summed E-state index contributed by atoms with van der Waals surface area (Å²) in [4.78, 5) is 24.8. The molecule has 0 radical (unpaired) electrons. The zero-order valence-electron chi connectivity index (χ0n) is 19.9. The van der Waals surface area contributed by atoms with Crippen molar-refractivity contribution in [1.82, 2.24) is 5.32 Å². The van der Waals surface area contributed by atoms with Gasteiger partial charge in [-0.3, -0.25) is 5.32 Å². The Bertz CT molecular complexity index is 819. The number of carbonyl (C=O) groups excluding carboxylic acids is 2. The number of aliphatic hydroxyl groups excluding tert-OH is 1. The van der Waals surface area contributed by atoms with Crippen LogP contribution in [0.1, 0.15) is 68.3 Å². The van der Waals surface area contributed by atoms with Gasteiger partial charge in [0.25, 0.3) is 0 Å². The summed E-state index contributed by atoms with van der Waals surface area (Å²) in [6.07, 6.45) is 10.4. The van der Waals surface area contributed by atoms with Crippen LogP contribution in [0.25, 0.3) is 0 Å². The van der Waals surface area contributed by atoms with Crippen molar-refractivity contribution in [1.29, 1.82) is 0 Å². The van der Waals surface area contributed by atoms with Crippen LogP contribution in [0.5, 0.6) is 5.75 Å². The maximum absolute atomic E-state index is 13.1. The number of allylic oxidation sites excluding steroid dienone is 2. The summed E-state index contributed by atoms with van der Waals surface area (Å²) in [7, 11) is 1.52. The molecular formula is C26H37NO6. The largest absolute Gasteiger partial charge is 0.496 e. The minimum atomic E-state index is -0.631. The van der Waals surface area contributed by atoms with Crippen molar-refractivity contribution >= 4 is 12.1 Å². The van der Waals surface area contributed by atoms with Gasteiger partial charge in [-0.25, -0.2) is 9.59 Å². The van der Waals surface area contributed by atoms with Crippen molar-refractivity contribution in [3.8, 4) is 5.75 Å². The average molecular weight is 460 g/mol. The van der Waals surface area contributed by atoms with E-state index < -0.39 is 24.3 Å². The van der Waals surface area contributed by atoms with Crippen molar-refractivity contribution in [2.24, 2.45) is 5.92 Å². The molecule has 3 unspecified atom stereocenters. The number of nitrogens with one attached hydrogen (secondary N) is 1. The lowest BCUT2D eigenvalue weighted by Gasteiger charge is -2.24. The number of carbonyl (C=O) groups is 2. The predicted molar refractivity (Wildman–Crippen MR) is 127 cm³/mol. The summed E-state index contributed by atoms with van der Waals surface area (Å²) in [5.41, 5.74) is 1.22. The highest BCUT2D eigenvalue weighted by molar-refractivity contribution is 5.94. The van der Waals surface area contributed by atoms with Crippen LogP contribution in [0.15, 0.2) is 42.6 Å². The van der Waals surface area contributed by atoms with E-state index in [4.69, 9.17) is 14.2 Å². The highest BCUT2D eigenvalue weighted by Gasteiger charge is 2.25. The lowest BCUT2D eigenvalue weighted by Crippen LogP contribution is -2.28. The number of rotatable bonds is 8. The first-order valence-electron chi connectivity index (χ1n) is 11.7. The molecule has 1 heterocycles. The van der Waals surface area contributed by atoms with E-state index in [0.29, 0.717) is 30.8 Å². The molecule has 2 rings (SSSR count). The Morgan fingerprint density at radius 1 is 1.30 bits per heavy atom. The number of amides is 1. The number of hydrogen-bond acceptors (Lipinski definition) is 6. The van der Waals surface area contributed by atoms with Crippen LogP contribution in [-0.2, 0) is 15.9 Å². The van der Waals surface area contributed by atoms with Gasteiger partial charge in [0.2, 0.25) is 0 Å². The molecule has 7 heteroatoms. The fourth-order valence-electron chi connectivity index (χ4n) is 3.64. The minimum absolute atomic E-state index is 0.0202. The van der Waals surface area contributed by atoms with Crippen molar-refractivity contribution in [2.45, 2.75) is 71.0 Å². The maximum atomic E-state index is 13.1. The number of alkyl carbamates (subject to hydrolysis) is 1. The second-order valence-electron chi connectivity index (χ2n) is 8.34. The molecule has 0 bridgehead atoms. The molecule has 33 heavy (non-hydrogen) atoms. The molecule has 0 fully saturated rings. The van der Waals surface area contributed by atoms with Crippen LogP contribution < -0.4 is 10.1 Å². The van der Waals surface area contributed by atoms with E-state index in [1.807, 2.05) is 31.2 Å². The molecule has 0 spiro atoms. The van der Waals surface area contributed by atoms with Gasteiger partial charge in [0.15, 0.2) is 0 Å². The number of cyclic esters (lactones) is 1. The number of unbranched alkanes of at least 4 members (excludes halogenated alkanes) is 2. The highest BCUT2D eigenvalue weighted by Crippen LogP contribution is 2.27. The van der Waals surface area contributed by atoms with Crippen LogP contribution >= 0.6 is 0 Å². The average Bonchev–Trinajstić information content (AvgIpc) is 2.80. The first-order valence-corrected chi connectivity index (χ1v) is 11.7. The van der Waals surface area contributed by atoms with Gasteiger partial charge in [0, 0.05) is 19.0 Å². The maximum Gasteiger partial charge on any atom is 0.411 e. The summed E-state index contributed by atoms with van der Waals surface area (Å²) >= 11 is 0. The second-order valence-corrected chi connectivity index (χ2v) is 8.34. The molecule has 1 aliphatic heterocycles. The second kappa shape index (κ2) is 14.4. The van der Waals surface area contributed by atoms with E-state index in [0.717, 1.165) is 31.2 Å². The number of methoxy groups -OCH3 is 1. The van der Waals surface area contributed by atoms with E-state index in [-0.39, 0.29) is 12.3 Å². The molecule has 0 saturated heterocycles. The molecule has 1 aliphatic rings. The zero-order chi connectivity index (χ0) is 24.1. The third-order valence-electron chi connectivity index (χ3n) is 5.68. The summed E-state index contributed by atoms with van der Waals surface area (Å²) in [5.74, 6) is -0.0107. The number of ether oxygens (including phenoxy) is 3. The highest BCUT2D eigenvalue weighted by atomic mass is 16.6. The lowest BCUT2D eigenvalue weighted by molar-refractivity contribution is 0.00675. The first kappa shape index (κ1) is 26.5. The molecular weight excluding hydrogens is 422 g/mol. The Kier molecular flexibility index (Phi) is 11.5. The van der Waals surface area contributed by atoms with Crippen LogP contribution in [0, 0.1) is 5.92 Å². The fourth-order valence-corrected chi connectivity index (χ4v) is 3.64. The van der Waals surface area contributed by atoms with Crippen molar-refractivity contribution in [2.75, 3.05) is 13.7 Å². The molecule has 1 amide bonds. The number of fused-ring (bicyclic) bond motifs is 1. The molecule has 0 aliphatic carbocycles. The van der Waals surface area contributed by atoms with E-state index >= 15 is 0 Å². The van der Waals surface area contributed by atoms with E-state index in [2.05, 4.69) is 12.2 Å². The first-order chi connectivity index (χ1) is 16.0. The Hall–Kier alpha value is -2.80. The van der Waals surface area contributed by atoms with Gasteiger partial charge < -0.3 is 19.3 Å². The van der Waals surface area contributed by atoms with Crippen LogP contribution in [0.4, 0.5) is 4.79 Å². The van der Waals surface area contributed by atoms with Gasteiger partial charge in [0.1, 0.15) is 17.4 Å². The Morgan fingerprint density at radius 2 is 2.12 bits per heavy atom. The third-order valence-corrected chi connectivity index (χ3v) is 5.68. The van der Waals surface area contributed by atoms with Crippen LogP contribution in [-0.4, -0.2) is 43.1 Å². The quantitative estimate of drug-likeness (QED) is 0.325. The molecule has 1 aromatic carbocycles. The topological polar surface area (TPSA) is 94.1 Å². The van der Waals surface area contributed by atoms with Crippen molar-refractivity contribution < 1.29 is 28.9 Å². The van der Waals surface area contributed by atoms with E-state index in [1.54, 1.807) is 12.1 Å². The van der Waals surface area contributed by atoms with Gasteiger partial charge in [0.05, 0.1) is 19.8 Å². The molecule has 1 aromatic rings. The monoisotopic (exact) mass is 459 g/mol. The summed E-state index contributed by atoms with van der Waals surface area (Å²) in [6, 6.07) is 5.47. The Labute approximate surface area is 196 Å². The van der Waals surface area contributed by atoms with Crippen molar-refractivity contribution in [3.05, 3.63) is 53.8 Å². The number of aliphatic hydroxyl groups is 1. The molecule has 0 aromatic heterocycles. The van der Waals surface area contributed by atoms with Crippen LogP contribution in [0.2, 0.25) is 0 Å².